The minimum atomic E-state index is -0.515. The third kappa shape index (κ3) is 4.17. The maximum atomic E-state index is 12.1. The van der Waals surface area contributed by atoms with Crippen LogP contribution in [0.5, 0.6) is 5.75 Å². The highest BCUT2D eigenvalue weighted by molar-refractivity contribution is 5.90. The van der Waals surface area contributed by atoms with Crippen molar-refractivity contribution in [2.24, 2.45) is 0 Å². The molecule has 0 heterocycles. The minimum absolute atomic E-state index is 0.337. The van der Waals surface area contributed by atoms with Crippen molar-refractivity contribution in [1.29, 1.82) is 0 Å². The van der Waals surface area contributed by atoms with Gasteiger partial charge in [-0.1, -0.05) is 30.2 Å². The quantitative estimate of drug-likeness (QED) is 0.605. The van der Waals surface area contributed by atoms with Crippen LogP contribution in [-0.4, -0.2) is 18.2 Å². The first-order chi connectivity index (χ1) is 11.4. The smallest absolute Gasteiger partial charge is 0.338 e. The first-order valence-corrected chi connectivity index (χ1v) is 7.92. The highest BCUT2D eigenvalue weighted by Crippen LogP contribution is 2.33. The summed E-state index contributed by atoms with van der Waals surface area (Å²) in [5.74, 6) is 3.00. The lowest BCUT2D eigenvalue weighted by Crippen LogP contribution is -2.23. The molecule has 0 spiro atoms. The zero-order chi connectivity index (χ0) is 17.7. The number of carbonyl (C=O) groups is 1. The zero-order valence-corrected chi connectivity index (χ0v) is 14.6. The summed E-state index contributed by atoms with van der Waals surface area (Å²) in [5.41, 5.74) is 2.55. The van der Waals surface area contributed by atoms with Crippen molar-refractivity contribution in [3.63, 3.8) is 0 Å². The van der Waals surface area contributed by atoms with E-state index in [1.54, 1.807) is 12.1 Å². The zero-order valence-electron chi connectivity index (χ0n) is 14.6. The lowest BCUT2D eigenvalue weighted by molar-refractivity contribution is 0.00696. The number of carbonyl (C=O) groups excluding carboxylic acids is 1. The summed E-state index contributed by atoms with van der Waals surface area (Å²) in [4.78, 5) is 12.1. The molecule has 24 heavy (non-hydrogen) atoms. The van der Waals surface area contributed by atoms with E-state index in [0.29, 0.717) is 23.5 Å². The van der Waals surface area contributed by atoms with Crippen LogP contribution in [-0.2, 0) is 4.74 Å². The maximum Gasteiger partial charge on any atom is 0.338 e. The molecule has 2 aromatic carbocycles. The predicted octanol–water partition coefficient (Wildman–Crippen LogP) is 4.69. The molecular formula is C21H22O3. The largest absolute Gasteiger partial charge is 0.492 e. The van der Waals surface area contributed by atoms with Crippen LogP contribution in [0.3, 0.4) is 0 Å². The number of para-hydroxylation sites is 1. The third-order valence-electron chi connectivity index (χ3n) is 3.29. The van der Waals surface area contributed by atoms with Gasteiger partial charge in [0.25, 0.3) is 0 Å². The Kier molecular flexibility index (Phi) is 5.31. The molecule has 0 N–H and O–H groups in total. The average Bonchev–Trinajstić information content (AvgIpc) is 2.54. The van der Waals surface area contributed by atoms with Crippen LogP contribution in [0.15, 0.2) is 42.5 Å². The topological polar surface area (TPSA) is 35.5 Å². The molecule has 0 atom stereocenters. The fourth-order valence-electron chi connectivity index (χ4n) is 2.30. The van der Waals surface area contributed by atoms with Crippen molar-refractivity contribution in [2.45, 2.75) is 33.3 Å². The second kappa shape index (κ2) is 7.23. The number of ether oxygens (including phenoxy) is 2. The molecule has 2 rings (SSSR count). The molecule has 0 bridgehead atoms. The summed E-state index contributed by atoms with van der Waals surface area (Å²) in [6.45, 7) is 7.99. The van der Waals surface area contributed by atoms with Gasteiger partial charge in [0.05, 0.1) is 17.7 Å². The van der Waals surface area contributed by atoms with E-state index in [4.69, 9.17) is 15.9 Å². The molecule has 2 aromatic rings. The first kappa shape index (κ1) is 17.6. The number of hydrogen-bond donors (Lipinski definition) is 0. The molecule has 124 valence electrons. The van der Waals surface area contributed by atoms with Gasteiger partial charge in [-0.05, 0) is 51.5 Å². The number of esters is 1. The van der Waals surface area contributed by atoms with Gasteiger partial charge in [-0.25, -0.2) is 4.79 Å². The summed E-state index contributed by atoms with van der Waals surface area (Å²) in [5, 5.41) is 0. The summed E-state index contributed by atoms with van der Waals surface area (Å²) in [6, 6.07) is 12.9. The average molecular weight is 322 g/mol. The molecule has 0 fully saturated rings. The molecule has 3 heteroatoms. The van der Waals surface area contributed by atoms with Gasteiger partial charge in [0, 0.05) is 5.56 Å². The van der Waals surface area contributed by atoms with Crippen molar-refractivity contribution in [1.82, 2.24) is 0 Å². The van der Waals surface area contributed by atoms with Crippen LogP contribution < -0.4 is 4.74 Å². The monoisotopic (exact) mass is 322 g/mol. The van der Waals surface area contributed by atoms with E-state index in [1.165, 1.54) is 0 Å². The Morgan fingerprint density at radius 3 is 2.33 bits per heavy atom. The summed E-state index contributed by atoms with van der Waals surface area (Å²) >= 11 is 0. The van der Waals surface area contributed by atoms with Crippen LogP contribution in [0.2, 0.25) is 0 Å². The number of rotatable bonds is 4. The van der Waals surface area contributed by atoms with Crippen molar-refractivity contribution >= 4 is 5.97 Å². The lowest BCUT2D eigenvalue weighted by Gasteiger charge is -2.19. The normalized spacial score (nSPS) is 10.8. The second-order valence-electron chi connectivity index (χ2n) is 6.34. The molecule has 0 aliphatic carbocycles. The third-order valence-corrected chi connectivity index (χ3v) is 3.29. The first-order valence-electron chi connectivity index (χ1n) is 7.92. The predicted molar refractivity (Wildman–Crippen MR) is 96.2 cm³/mol. The number of hydrogen-bond acceptors (Lipinski definition) is 3. The van der Waals surface area contributed by atoms with Crippen LogP contribution in [0.25, 0.3) is 11.1 Å². The number of terminal acetylenes is 1. The molecule has 0 radical (unpaired) electrons. The van der Waals surface area contributed by atoms with E-state index in [0.717, 1.165) is 11.1 Å². The molecule has 0 aromatic heterocycles. The Hall–Kier alpha value is -2.73. The molecule has 0 aliphatic heterocycles. The fourth-order valence-corrected chi connectivity index (χ4v) is 2.30. The maximum absolute atomic E-state index is 12.1. The Balaban J connectivity index is 2.35. The molecule has 0 aliphatic rings. The van der Waals surface area contributed by atoms with E-state index in [2.05, 4.69) is 5.92 Å². The molecule has 0 unspecified atom stereocenters. The van der Waals surface area contributed by atoms with Gasteiger partial charge in [0.1, 0.15) is 11.4 Å². The van der Waals surface area contributed by atoms with Gasteiger partial charge in [-0.2, -0.15) is 0 Å². The van der Waals surface area contributed by atoms with E-state index >= 15 is 0 Å². The van der Waals surface area contributed by atoms with Gasteiger partial charge in [0.2, 0.25) is 0 Å². The minimum Gasteiger partial charge on any atom is -0.492 e. The molecule has 3 nitrogen and oxygen atoms in total. The molecule has 0 saturated carbocycles. The van der Waals surface area contributed by atoms with Crippen LogP contribution >= 0.6 is 0 Å². The highest BCUT2D eigenvalue weighted by Gasteiger charge is 2.18. The highest BCUT2D eigenvalue weighted by atomic mass is 16.6. The fraction of sp³-hybridized carbons (Fsp3) is 0.286. The van der Waals surface area contributed by atoms with Crippen molar-refractivity contribution in [3.05, 3.63) is 53.6 Å². The van der Waals surface area contributed by atoms with Gasteiger partial charge >= 0.3 is 5.97 Å². The van der Waals surface area contributed by atoms with Gasteiger partial charge < -0.3 is 9.47 Å². The van der Waals surface area contributed by atoms with Crippen LogP contribution in [0.1, 0.15) is 43.6 Å². The Labute approximate surface area is 143 Å². The molecule has 0 saturated heterocycles. The van der Waals surface area contributed by atoms with E-state index < -0.39 is 5.60 Å². The SMILES string of the molecule is C#Cc1cccc(-c2ccc(C(=O)OC(C)(C)C)cc2)c1OCC. The number of benzene rings is 2. The Morgan fingerprint density at radius 1 is 1.12 bits per heavy atom. The second-order valence-corrected chi connectivity index (χ2v) is 6.34. The van der Waals surface area contributed by atoms with E-state index in [1.807, 2.05) is 58.0 Å². The summed E-state index contributed by atoms with van der Waals surface area (Å²) in [7, 11) is 0. The standard InChI is InChI=1S/C21H22O3/c1-6-15-9-8-10-18(19(15)23-7-2)16-11-13-17(14-12-16)20(22)24-21(3,4)5/h1,8-14H,7H2,2-5H3. The van der Waals surface area contributed by atoms with Crippen molar-refractivity contribution < 1.29 is 14.3 Å². The van der Waals surface area contributed by atoms with Gasteiger partial charge in [0.15, 0.2) is 0 Å². The van der Waals surface area contributed by atoms with Crippen molar-refractivity contribution in [2.75, 3.05) is 6.61 Å². The Morgan fingerprint density at radius 2 is 1.79 bits per heavy atom. The Bertz CT molecular complexity index is 759. The van der Waals surface area contributed by atoms with Crippen LogP contribution in [0, 0.1) is 12.3 Å². The van der Waals surface area contributed by atoms with Crippen LogP contribution in [0.4, 0.5) is 0 Å². The van der Waals surface area contributed by atoms with E-state index in [9.17, 15) is 4.79 Å². The summed E-state index contributed by atoms with van der Waals surface area (Å²) < 4.78 is 11.1. The molecule has 0 amide bonds. The van der Waals surface area contributed by atoms with Gasteiger partial charge in [-0.15, -0.1) is 6.42 Å². The van der Waals surface area contributed by atoms with E-state index in [-0.39, 0.29) is 5.97 Å². The van der Waals surface area contributed by atoms with Crippen molar-refractivity contribution in [3.8, 4) is 29.2 Å². The molecular weight excluding hydrogens is 300 g/mol. The summed E-state index contributed by atoms with van der Waals surface area (Å²) in [6.07, 6.45) is 5.56. The van der Waals surface area contributed by atoms with Gasteiger partial charge in [-0.3, -0.25) is 0 Å². The lowest BCUT2D eigenvalue weighted by atomic mass is 10.00.